The summed E-state index contributed by atoms with van der Waals surface area (Å²) in [5, 5.41) is 14.9. The summed E-state index contributed by atoms with van der Waals surface area (Å²) in [6.07, 6.45) is 0. The Morgan fingerprint density at radius 2 is 2.00 bits per heavy atom. The van der Waals surface area contributed by atoms with Crippen LogP contribution in [0.5, 0.6) is 0 Å². The SMILES string of the molecule is CC(C)Cn1nnnc1SC(C)C(=O)NC(C)C. The van der Waals surface area contributed by atoms with E-state index in [0.29, 0.717) is 11.1 Å². The molecule has 0 radical (unpaired) electrons. The monoisotopic (exact) mass is 271 g/mol. The van der Waals surface area contributed by atoms with Gasteiger partial charge in [0.2, 0.25) is 11.1 Å². The Morgan fingerprint density at radius 1 is 1.33 bits per heavy atom. The van der Waals surface area contributed by atoms with Crippen LogP contribution in [0.4, 0.5) is 0 Å². The van der Waals surface area contributed by atoms with Crippen molar-refractivity contribution in [1.29, 1.82) is 0 Å². The second kappa shape index (κ2) is 6.72. The smallest absolute Gasteiger partial charge is 0.233 e. The molecule has 1 heterocycles. The van der Waals surface area contributed by atoms with Gasteiger partial charge in [-0.15, -0.1) is 5.10 Å². The van der Waals surface area contributed by atoms with Gasteiger partial charge in [0, 0.05) is 12.6 Å². The van der Waals surface area contributed by atoms with Gasteiger partial charge < -0.3 is 5.32 Å². The molecule has 1 aromatic heterocycles. The van der Waals surface area contributed by atoms with Gasteiger partial charge in [0.1, 0.15) is 0 Å². The van der Waals surface area contributed by atoms with Gasteiger partial charge in [0.05, 0.1) is 5.25 Å². The molecular weight excluding hydrogens is 250 g/mol. The zero-order chi connectivity index (χ0) is 13.7. The van der Waals surface area contributed by atoms with Crippen molar-refractivity contribution in [2.75, 3.05) is 0 Å². The lowest BCUT2D eigenvalue weighted by Gasteiger charge is -2.14. The number of hydrogen-bond acceptors (Lipinski definition) is 5. The zero-order valence-corrected chi connectivity index (χ0v) is 12.4. The quantitative estimate of drug-likeness (QED) is 0.790. The average molecular weight is 271 g/mol. The third kappa shape index (κ3) is 4.64. The highest BCUT2D eigenvalue weighted by molar-refractivity contribution is 8.00. The molecular formula is C11H21N5OS. The second-order valence-electron chi connectivity index (χ2n) is 4.96. The van der Waals surface area contributed by atoms with Gasteiger partial charge in [-0.25, -0.2) is 4.68 Å². The Bertz CT molecular complexity index is 391. The van der Waals surface area contributed by atoms with E-state index in [0.717, 1.165) is 6.54 Å². The normalized spacial score (nSPS) is 13.1. The molecule has 1 aromatic rings. The van der Waals surface area contributed by atoms with Crippen LogP contribution in [-0.2, 0) is 11.3 Å². The minimum absolute atomic E-state index is 0.00842. The van der Waals surface area contributed by atoms with Crippen LogP contribution in [0.15, 0.2) is 5.16 Å². The maximum atomic E-state index is 11.8. The lowest BCUT2D eigenvalue weighted by molar-refractivity contribution is -0.120. The van der Waals surface area contributed by atoms with Crippen LogP contribution >= 0.6 is 11.8 Å². The largest absolute Gasteiger partial charge is 0.353 e. The first-order chi connectivity index (χ1) is 8.40. The summed E-state index contributed by atoms with van der Waals surface area (Å²) in [5.41, 5.74) is 0. The molecule has 0 aliphatic rings. The van der Waals surface area contributed by atoms with Crippen molar-refractivity contribution in [3.8, 4) is 0 Å². The fraction of sp³-hybridized carbons (Fsp3) is 0.818. The number of carbonyl (C=O) groups excluding carboxylic acids is 1. The van der Waals surface area contributed by atoms with E-state index < -0.39 is 0 Å². The Hall–Kier alpha value is -1.11. The van der Waals surface area contributed by atoms with Gasteiger partial charge in [-0.1, -0.05) is 25.6 Å². The number of nitrogens with zero attached hydrogens (tertiary/aromatic N) is 4. The maximum absolute atomic E-state index is 11.8. The third-order valence-electron chi connectivity index (χ3n) is 2.12. The summed E-state index contributed by atoms with van der Waals surface area (Å²) in [6, 6.07) is 0.146. The van der Waals surface area contributed by atoms with Crippen LogP contribution in [0, 0.1) is 5.92 Å². The van der Waals surface area contributed by atoms with Crippen molar-refractivity contribution in [2.45, 2.75) is 57.6 Å². The van der Waals surface area contributed by atoms with Gasteiger partial charge in [0.15, 0.2) is 0 Å². The lowest BCUT2D eigenvalue weighted by Crippen LogP contribution is -2.36. The van der Waals surface area contributed by atoms with E-state index in [2.05, 4.69) is 34.7 Å². The van der Waals surface area contributed by atoms with Crippen molar-refractivity contribution in [1.82, 2.24) is 25.5 Å². The van der Waals surface area contributed by atoms with E-state index in [4.69, 9.17) is 0 Å². The molecule has 1 unspecified atom stereocenters. The molecule has 0 saturated heterocycles. The molecule has 18 heavy (non-hydrogen) atoms. The van der Waals surface area contributed by atoms with Crippen molar-refractivity contribution >= 4 is 17.7 Å². The van der Waals surface area contributed by atoms with E-state index in [9.17, 15) is 4.79 Å². The predicted molar refractivity (Wildman–Crippen MR) is 71.3 cm³/mol. The molecule has 0 fully saturated rings. The van der Waals surface area contributed by atoms with E-state index in [1.54, 1.807) is 4.68 Å². The van der Waals surface area contributed by atoms with Crippen LogP contribution in [0.2, 0.25) is 0 Å². The van der Waals surface area contributed by atoms with Crippen molar-refractivity contribution < 1.29 is 4.79 Å². The van der Waals surface area contributed by atoms with Gasteiger partial charge in [0.25, 0.3) is 0 Å². The van der Waals surface area contributed by atoms with Gasteiger partial charge >= 0.3 is 0 Å². The first-order valence-corrected chi connectivity index (χ1v) is 7.01. The Morgan fingerprint density at radius 3 is 2.56 bits per heavy atom. The summed E-state index contributed by atoms with van der Waals surface area (Å²) >= 11 is 1.38. The van der Waals surface area contributed by atoms with E-state index in [1.807, 2.05) is 20.8 Å². The highest BCUT2D eigenvalue weighted by Gasteiger charge is 2.19. The van der Waals surface area contributed by atoms with Crippen LogP contribution in [0.25, 0.3) is 0 Å². The number of hydrogen-bond donors (Lipinski definition) is 1. The molecule has 1 N–H and O–H groups in total. The number of tetrazole rings is 1. The van der Waals surface area contributed by atoms with Gasteiger partial charge in [-0.2, -0.15) is 0 Å². The number of carbonyl (C=O) groups is 1. The van der Waals surface area contributed by atoms with Crippen molar-refractivity contribution in [2.24, 2.45) is 5.92 Å². The molecule has 1 rings (SSSR count). The molecule has 1 atom stereocenters. The highest BCUT2D eigenvalue weighted by Crippen LogP contribution is 2.20. The molecule has 1 amide bonds. The van der Waals surface area contributed by atoms with Crippen LogP contribution in [-0.4, -0.2) is 37.4 Å². The number of thioether (sulfide) groups is 1. The third-order valence-corrected chi connectivity index (χ3v) is 3.19. The van der Waals surface area contributed by atoms with Crippen LogP contribution < -0.4 is 5.32 Å². The predicted octanol–water partition coefficient (Wildman–Crippen LogP) is 1.33. The van der Waals surface area contributed by atoms with Gasteiger partial charge in [-0.3, -0.25) is 4.79 Å². The number of rotatable bonds is 6. The minimum Gasteiger partial charge on any atom is -0.353 e. The number of amides is 1. The fourth-order valence-electron chi connectivity index (χ4n) is 1.35. The number of aromatic nitrogens is 4. The molecule has 0 aromatic carbocycles. The highest BCUT2D eigenvalue weighted by atomic mass is 32.2. The zero-order valence-electron chi connectivity index (χ0n) is 11.5. The van der Waals surface area contributed by atoms with E-state index >= 15 is 0 Å². The summed E-state index contributed by atoms with van der Waals surface area (Å²) in [6.45, 7) is 10.7. The Balaban J connectivity index is 2.61. The first kappa shape index (κ1) is 14.9. The second-order valence-corrected chi connectivity index (χ2v) is 6.27. The molecule has 6 nitrogen and oxygen atoms in total. The number of nitrogens with one attached hydrogen (secondary N) is 1. The standard InChI is InChI=1S/C11H21N5OS/c1-7(2)6-16-11(13-14-15-16)18-9(5)10(17)12-8(3)4/h7-9H,6H2,1-5H3,(H,12,17). The average Bonchev–Trinajstić information content (AvgIpc) is 2.63. The maximum Gasteiger partial charge on any atom is 0.233 e. The molecule has 0 aliphatic heterocycles. The minimum atomic E-state index is -0.204. The summed E-state index contributed by atoms with van der Waals surface area (Å²) in [7, 11) is 0. The first-order valence-electron chi connectivity index (χ1n) is 6.13. The fourth-order valence-corrected chi connectivity index (χ4v) is 2.16. The van der Waals surface area contributed by atoms with Crippen molar-refractivity contribution in [3.63, 3.8) is 0 Å². The molecule has 0 aliphatic carbocycles. The Kier molecular flexibility index (Phi) is 5.58. The molecule has 0 bridgehead atoms. The molecule has 102 valence electrons. The van der Waals surface area contributed by atoms with Gasteiger partial charge in [-0.05, 0) is 37.1 Å². The van der Waals surface area contributed by atoms with E-state index in [1.165, 1.54) is 11.8 Å². The summed E-state index contributed by atoms with van der Waals surface area (Å²) in [5.74, 6) is 0.474. The molecule has 0 saturated carbocycles. The Labute approximate surface area is 112 Å². The summed E-state index contributed by atoms with van der Waals surface area (Å²) in [4.78, 5) is 11.8. The molecule has 7 heteroatoms. The van der Waals surface area contributed by atoms with Crippen LogP contribution in [0.3, 0.4) is 0 Å². The van der Waals surface area contributed by atoms with Crippen LogP contribution in [0.1, 0.15) is 34.6 Å². The lowest BCUT2D eigenvalue weighted by atomic mass is 10.2. The topological polar surface area (TPSA) is 72.7 Å². The van der Waals surface area contributed by atoms with Crippen molar-refractivity contribution in [3.05, 3.63) is 0 Å². The van der Waals surface area contributed by atoms with E-state index in [-0.39, 0.29) is 17.2 Å². The molecule has 0 spiro atoms. The summed E-state index contributed by atoms with van der Waals surface area (Å²) < 4.78 is 1.74.